The molecule has 2 N–H and O–H groups in total. The molecule has 0 aliphatic carbocycles. The minimum absolute atomic E-state index is 0.149. The molecule has 0 fully saturated rings. The lowest BCUT2D eigenvalue weighted by molar-refractivity contribution is 0.0300. The van der Waals surface area contributed by atoms with Crippen LogP contribution in [0.4, 0.5) is 0 Å². The molecule has 5 heteroatoms. The third kappa shape index (κ3) is 2.09. The zero-order valence-electron chi connectivity index (χ0n) is 13.5. The number of hydrogen-bond acceptors (Lipinski definition) is 4. The van der Waals surface area contributed by atoms with Gasteiger partial charge < -0.3 is 14.8 Å². The highest BCUT2D eigenvalue weighted by atomic mass is 16.3. The lowest BCUT2D eigenvalue weighted by Crippen LogP contribution is -2.26. The van der Waals surface area contributed by atoms with Crippen molar-refractivity contribution in [2.24, 2.45) is 0 Å². The molecule has 2 aromatic heterocycles. The molecular formula is C19H18N2O3. The smallest absolute Gasteiger partial charge is 0.254 e. The van der Waals surface area contributed by atoms with Gasteiger partial charge in [-0.15, -0.1) is 0 Å². The second-order valence-corrected chi connectivity index (χ2v) is 6.38. The predicted octanol–water partition coefficient (Wildman–Crippen LogP) is 2.15. The Labute approximate surface area is 138 Å². The Hall–Kier alpha value is -2.50. The van der Waals surface area contributed by atoms with Crippen LogP contribution in [0.25, 0.3) is 22.3 Å². The fraction of sp³-hybridized carbons (Fsp3) is 0.263. The molecule has 1 aliphatic rings. The van der Waals surface area contributed by atoms with Crippen LogP contribution < -0.4 is 5.56 Å². The van der Waals surface area contributed by atoms with Crippen LogP contribution in [0.5, 0.6) is 0 Å². The summed E-state index contributed by atoms with van der Waals surface area (Å²) in [5.74, 6) is 0. The normalized spacial score (nSPS) is 15.2. The zero-order valence-corrected chi connectivity index (χ0v) is 13.5. The summed E-state index contributed by atoms with van der Waals surface area (Å²) >= 11 is 0. The lowest BCUT2D eigenvalue weighted by atomic mass is 10.00. The lowest BCUT2D eigenvalue weighted by Gasteiger charge is -2.18. The molecule has 0 saturated carbocycles. The molecule has 0 unspecified atom stereocenters. The summed E-state index contributed by atoms with van der Waals surface area (Å²) in [6.45, 7) is 3.67. The van der Waals surface area contributed by atoms with Gasteiger partial charge in [0, 0.05) is 16.5 Å². The number of para-hydroxylation sites is 1. The highest BCUT2D eigenvalue weighted by molar-refractivity contribution is 5.83. The van der Waals surface area contributed by atoms with E-state index in [4.69, 9.17) is 4.98 Å². The maximum absolute atomic E-state index is 12.7. The molecule has 0 amide bonds. The fourth-order valence-electron chi connectivity index (χ4n) is 3.36. The molecule has 1 aromatic carbocycles. The highest BCUT2D eigenvalue weighted by Gasteiger charge is 2.27. The van der Waals surface area contributed by atoms with Crippen molar-refractivity contribution in [2.45, 2.75) is 32.6 Å². The largest absolute Gasteiger partial charge is 0.390 e. The molecule has 4 rings (SSSR count). The Morgan fingerprint density at radius 2 is 1.96 bits per heavy atom. The van der Waals surface area contributed by atoms with Crippen molar-refractivity contribution >= 4 is 10.9 Å². The van der Waals surface area contributed by atoms with E-state index in [9.17, 15) is 15.0 Å². The third-order valence-electron chi connectivity index (χ3n) is 4.73. The number of aliphatic hydroxyl groups excluding tert-OH is 2. The van der Waals surface area contributed by atoms with E-state index in [1.54, 1.807) is 17.6 Å². The first-order valence-corrected chi connectivity index (χ1v) is 7.97. The Kier molecular flexibility index (Phi) is 3.30. The van der Waals surface area contributed by atoms with Gasteiger partial charge in [0.1, 0.15) is 6.10 Å². The van der Waals surface area contributed by atoms with Gasteiger partial charge in [-0.1, -0.05) is 18.2 Å². The fourth-order valence-corrected chi connectivity index (χ4v) is 3.36. The number of rotatable bonds is 2. The molecule has 3 heterocycles. The van der Waals surface area contributed by atoms with Crippen LogP contribution in [-0.4, -0.2) is 25.9 Å². The Balaban J connectivity index is 1.98. The van der Waals surface area contributed by atoms with Gasteiger partial charge in [0.05, 0.1) is 29.6 Å². The minimum atomic E-state index is -1.09. The van der Waals surface area contributed by atoms with E-state index < -0.39 is 12.2 Å². The summed E-state index contributed by atoms with van der Waals surface area (Å²) in [5.41, 5.74) is 4.10. The third-order valence-corrected chi connectivity index (χ3v) is 4.73. The van der Waals surface area contributed by atoms with Crippen molar-refractivity contribution in [1.29, 1.82) is 0 Å². The summed E-state index contributed by atoms with van der Waals surface area (Å²) in [6.07, 6.45) is -2.04. The van der Waals surface area contributed by atoms with Crippen molar-refractivity contribution in [3.63, 3.8) is 0 Å². The van der Waals surface area contributed by atoms with E-state index in [0.717, 1.165) is 22.2 Å². The van der Waals surface area contributed by atoms with Crippen molar-refractivity contribution < 1.29 is 10.2 Å². The molecular weight excluding hydrogens is 304 g/mol. The van der Waals surface area contributed by atoms with E-state index in [1.165, 1.54) is 6.92 Å². The van der Waals surface area contributed by atoms with Crippen LogP contribution in [0, 0.1) is 6.92 Å². The average molecular weight is 322 g/mol. The van der Waals surface area contributed by atoms with Crippen LogP contribution in [-0.2, 0) is 6.54 Å². The number of hydrogen-bond donors (Lipinski definition) is 2. The molecule has 5 nitrogen and oxygen atoms in total. The molecule has 2 atom stereocenters. The summed E-state index contributed by atoms with van der Waals surface area (Å²) in [4.78, 5) is 17.4. The first kappa shape index (κ1) is 15.1. The second kappa shape index (κ2) is 5.26. The number of benzene rings is 1. The van der Waals surface area contributed by atoms with Crippen LogP contribution in [0.3, 0.4) is 0 Å². The number of aromatic nitrogens is 2. The molecule has 24 heavy (non-hydrogen) atoms. The average Bonchev–Trinajstić information content (AvgIpc) is 2.93. The van der Waals surface area contributed by atoms with Crippen molar-refractivity contribution in [3.8, 4) is 11.4 Å². The summed E-state index contributed by atoms with van der Waals surface area (Å²) in [5, 5.41) is 21.0. The Bertz CT molecular complexity index is 1020. The second-order valence-electron chi connectivity index (χ2n) is 6.38. The number of fused-ring (bicyclic) bond motifs is 4. The van der Waals surface area contributed by atoms with E-state index in [2.05, 4.69) is 6.07 Å². The van der Waals surface area contributed by atoms with Crippen molar-refractivity contribution in [2.75, 3.05) is 0 Å². The van der Waals surface area contributed by atoms with Gasteiger partial charge in [0.25, 0.3) is 5.56 Å². The van der Waals surface area contributed by atoms with Crippen LogP contribution in [0.15, 0.2) is 41.2 Å². The standard InChI is InChI=1S/C19H18N2O3/c1-10-14(18(23)11(2)22)8-16-17-13(9-21(16)19(10)24)7-12-5-3-4-6-15(12)20-17/h3-8,11,18,22-23H,9H2,1-2H3/t11-,18+/m0/s1. The van der Waals surface area contributed by atoms with Gasteiger partial charge in [-0.2, -0.15) is 0 Å². The SMILES string of the molecule is Cc1c([C@H](O)[C@H](C)O)cc2n(c1=O)Cc1cc3ccccc3nc1-2. The van der Waals surface area contributed by atoms with E-state index in [-0.39, 0.29) is 5.56 Å². The highest BCUT2D eigenvalue weighted by Crippen LogP contribution is 2.33. The molecule has 0 spiro atoms. The molecule has 122 valence electrons. The molecule has 3 aromatic rings. The zero-order chi connectivity index (χ0) is 17.0. The van der Waals surface area contributed by atoms with Crippen molar-refractivity contribution in [3.05, 3.63) is 63.4 Å². The van der Waals surface area contributed by atoms with Crippen LogP contribution >= 0.6 is 0 Å². The van der Waals surface area contributed by atoms with E-state index >= 15 is 0 Å². The minimum Gasteiger partial charge on any atom is -0.390 e. The van der Waals surface area contributed by atoms with Gasteiger partial charge in [0.2, 0.25) is 0 Å². The van der Waals surface area contributed by atoms with Gasteiger partial charge in [-0.25, -0.2) is 4.98 Å². The number of pyridine rings is 2. The summed E-state index contributed by atoms with van der Waals surface area (Å²) < 4.78 is 1.68. The van der Waals surface area contributed by atoms with Crippen LogP contribution in [0.1, 0.15) is 29.7 Å². The molecule has 0 radical (unpaired) electrons. The number of aliphatic hydroxyl groups is 2. The molecule has 1 aliphatic heterocycles. The van der Waals surface area contributed by atoms with Gasteiger partial charge >= 0.3 is 0 Å². The first-order valence-electron chi connectivity index (χ1n) is 7.97. The summed E-state index contributed by atoms with van der Waals surface area (Å²) in [6, 6.07) is 11.7. The Morgan fingerprint density at radius 3 is 2.71 bits per heavy atom. The van der Waals surface area contributed by atoms with E-state index in [1.807, 2.05) is 24.3 Å². The van der Waals surface area contributed by atoms with Gasteiger partial charge in [-0.05, 0) is 37.6 Å². The molecule has 0 saturated heterocycles. The molecule has 0 bridgehead atoms. The topological polar surface area (TPSA) is 75.3 Å². The monoisotopic (exact) mass is 322 g/mol. The number of nitrogens with zero attached hydrogens (tertiary/aromatic N) is 2. The van der Waals surface area contributed by atoms with E-state index in [0.29, 0.717) is 23.4 Å². The maximum Gasteiger partial charge on any atom is 0.254 e. The first-order chi connectivity index (χ1) is 11.5. The maximum atomic E-state index is 12.7. The van der Waals surface area contributed by atoms with Gasteiger partial charge in [0.15, 0.2) is 0 Å². The summed E-state index contributed by atoms with van der Waals surface area (Å²) in [7, 11) is 0. The van der Waals surface area contributed by atoms with Crippen LogP contribution in [0.2, 0.25) is 0 Å². The predicted molar refractivity (Wildman–Crippen MR) is 91.9 cm³/mol. The Morgan fingerprint density at radius 1 is 1.21 bits per heavy atom. The van der Waals surface area contributed by atoms with Crippen molar-refractivity contribution in [1.82, 2.24) is 9.55 Å². The quantitative estimate of drug-likeness (QED) is 0.593. The van der Waals surface area contributed by atoms with Gasteiger partial charge in [-0.3, -0.25) is 4.79 Å².